The number of hydrogen-bond acceptors (Lipinski definition) is 5. The van der Waals surface area contributed by atoms with Crippen LogP contribution < -0.4 is 5.32 Å². The predicted molar refractivity (Wildman–Crippen MR) is 79.2 cm³/mol. The summed E-state index contributed by atoms with van der Waals surface area (Å²) in [6.45, 7) is 1.66. The molecule has 3 amide bonds. The molecule has 1 N–H and O–H groups in total. The second kappa shape index (κ2) is 4.70. The first kappa shape index (κ1) is 13.6. The van der Waals surface area contributed by atoms with Crippen LogP contribution in [0.15, 0.2) is 51.5 Å². The van der Waals surface area contributed by atoms with Crippen molar-refractivity contribution < 1.29 is 18.5 Å². The maximum atomic E-state index is 12.8. The number of fused-ring (bicyclic) bond motifs is 1. The van der Waals surface area contributed by atoms with E-state index in [0.29, 0.717) is 17.1 Å². The van der Waals surface area contributed by atoms with Crippen LogP contribution >= 0.6 is 0 Å². The quantitative estimate of drug-likeness (QED) is 0.750. The number of benzene rings is 1. The Labute approximate surface area is 130 Å². The van der Waals surface area contributed by atoms with E-state index in [-0.39, 0.29) is 6.54 Å². The number of para-hydroxylation sites is 1. The van der Waals surface area contributed by atoms with E-state index in [9.17, 15) is 9.59 Å². The van der Waals surface area contributed by atoms with E-state index in [1.54, 1.807) is 19.1 Å². The smallest absolute Gasteiger partial charge is 0.325 e. The zero-order valence-electron chi connectivity index (χ0n) is 12.3. The molecule has 4 rings (SSSR count). The lowest BCUT2D eigenvalue weighted by atomic mass is 9.99. The number of carbonyl (C=O) groups excluding carboxylic acids is 2. The molecule has 0 bridgehead atoms. The standard InChI is InChI=1S/C16H13N3O4/c1-16(13-8-10-4-2-3-5-12(10)22-13)14(20)19(15(21)18-16)9-11-6-7-17-23-11/h2-8H,9H2,1H3,(H,18,21)/t16-/m1/s1. The Bertz CT molecular complexity index is 866. The van der Waals surface area contributed by atoms with Crippen LogP contribution in [0.3, 0.4) is 0 Å². The van der Waals surface area contributed by atoms with Gasteiger partial charge in [-0.15, -0.1) is 0 Å². The summed E-state index contributed by atoms with van der Waals surface area (Å²) < 4.78 is 10.7. The molecule has 1 aliphatic heterocycles. The van der Waals surface area contributed by atoms with Crippen molar-refractivity contribution in [3.05, 3.63) is 54.1 Å². The molecule has 23 heavy (non-hydrogen) atoms. The molecule has 1 aromatic carbocycles. The van der Waals surface area contributed by atoms with Gasteiger partial charge in [-0.1, -0.05) is 23.4 Å². The summed E-state index contributed by atoms with van der Waals surface area (Å²) in [6, 6.07) is 10.3. The van der Waals surface area contributed by atoms with Crippen molar-refractivity contribution in [1.82, 2.24) is 15.4 Å². The molecule has 0 saturated carbocycles. The molecule has 0 unspecified atom stereocenters. The number of furan rings is 1. The van der Waals surface area contributed by atoms with Gasteiger partial charge in [0.25, 0.3) is 5.91 Å². The van der Waals surface area contributed by atoms with E-state index in [2.05, 4.69) is 10.5 Å². The Morgan fingerprint density at radius 2 is 2.09 bits per heavy atom. The van der Waals surface area contributed by atoms with E-state index in [0.717, 1.165) is 10.3 Å². The molecular weight excluding hydrogens is 298 g/mol. The van der Waals surface area contributed by atoms with Gasteiger partial charge in [0.15, 0.2) is 11.3 Å². The van der Waals surface area contributed by atoms with Gasteiger partial charge in [-0.25, -0.2) is 4.79 Å². The number of aromatic nitrogens is 1. The Balaban J connectivity index is 1.70. The van der Waals surface area contributed by atoms with E-state index in [4.69, 9.17) is 8.94 Å². The first-order chi connectivity index (χ1) is 11.1. The number of carbonyl (C=O) groups is 2. The van der Waals surface area contributed by atoms with Crippen LogP contribution in [-0.4, -0.2) is 22.0 Å². The van der Waals surface area contributed by atoms with Crippen molar-refractivity contribution in [3.8, 4) is 0 Å². The number of amides is 3. The van der Waals surface area contributed by atoms with Crippen molar-refractivity contribution in [2.75, 3.05) is 0 Å². The summed E-state index contributed by atoms with van der Waals surface area (Å²) in [5, 5.41) is 7.15. The molecule has 7 heteroatoms. The molecule has 3 heterocycles. The molecule has 1 fully saturated rings. The van der Waals surface area contributed by atoms with Gasteiger partial charge >= 0.3 is 6.03 Å². The highest BCUT2D eigenvalue weighted by Crippen LogP contribution is 2.33. The largest absolute Gasteiger partial charge is 0.458 e. The average Bonchev–Trinajstić information content (AvgIpc) is 3.24. The summed E-state index contributed by atoms with van der Waals surface area (Å²) in [4.78, 5) is 26.1. The second-order valence-corrected chi connectivity index (χ2v) is 5.57. The van der Waals surface area contributed by atoms with Gasteiger partial charge in [-0.2, -0.15) is 0 Å². The van der Waals surface area contributed by atoms with Crippen LogP contribution in [0.5, 0.6) is 0 Å². The van der Waals surface area contributed by atoms with Crippen molar-refractivity contribution in [2.24, 2.45) is 0 Å². The number of urea groups is 1. The fourth-order valence-corrected chi connectivity index (χ4v) is 2.72. The second-order valence-electron chi connectivity index (χ2n) is 5.57. The highest BCUT2D eigenvalue weighted by Gasteiger charge is 2.51. The monoisotopic (exact) mass is 311 g/mol. The maximum Gasteiger partial charge on any atom is 0.325 e. The maximum absolute atomic E-state index is 12.8. The minimum Gasteiger partial charge on any atom is -0.458 e. The minimum atomic E-state index is -1.24. The number of hydrogen-bond donors (Lipinski definition) is 1. The first-order valence-corrected chi connectivity index (χ1v) is 7.11. The molecule has 0 spiro atoms. The fourth-order valence-electron chi connectivity index (χ4n) is 2.72. The molecule has 2 aromatic heterocycles. The zero-order valence-corrected chi connectivity index (χ0v) is 12.3. The minimum absolute atomic E-state index is 0.0283. The molecule has 3 aromatic rings. The fraction of sp³-hybridized carbons (Fsp3) is 0.188. The first-order valence-electron chi connectivity index (χ1n) is 7.11. The molecule has 0 radical (unpaired) electrons. The van der Waals surface area contributed by atoms with E-state index in [1.807, 2.05) is 24.3 Å². The number of nitrogens with zero attached hydrogens (tertiary/aromatic N) is 2. The molecule has 7 nitrogen and oxygen atoms in total. The van der Waals surface area contributed by atoms with Crippen molar-refractivity contribution in [3.63, 3.8) is 0 Å². The Kier molecular flexibility index (Phi) is 2.77. The van der Waals surface area contributed by atoms with Crippen LogP contribution in [0.2, 0.25) is 0 Å². The van der Waals surface area contributed by atoms with Crippen LogP contribution in [-0.2, 0) is 16.9 Å². The Morgan fingerprint density at radius 3 is 2.83 bits per heavy atom. The normalized spacial score (nSPS) is 21.2. The van der Waals surface area contributed by atoms with Gasteiger partial charge in [-0.3, -0.25) is 9.69 Å². The van der Waals surface area contributed by atoms with Crippen LogP contribution in [0, 0.1) is 0 Å². The van der Waals surface area contributed by atoms with Crippen molar-refractivity contribution in [2.45, 2.75) is 19.0 Å². The summed E-state index contributed by atoms with van der Waals surface area (Å²) in [5.74, 6) is 0.442. The third-order valence-electron chi connectivity index (χ3n) is 4.00. The molecule has 1 saturated heterocycles. The lowest BCUT2D eigenvalue weighted by Gasteiger charge is -2.18. The third-order valence-corrected chi connectivity index (χ3v) is 4.00. The van der Waals surface area contributed by atoms with Gasteiger partial charge in [0.05, 0.1) is 12.7 Å². The highest BCUT2D eigenvalue weighted by atomic mass is 16.5. The molecule has 1 atom stereocenters. The number of nitrogens with one attached hydrogen (secondary N) is 1. The van der Waals surface area contributed by atoms with E-state index < -0.39 is 17.5 Å². The topological polar surface area (TPSA) is 88.6 Å². The van der Waals surface area contributed by atoms with Gasteiger partial charge in [0.1, 0.15) is 11.3 Å². The molecule has 1 aliphatic rings. The summed E-state index contributed by atoms with van der Waals surface area (Å²) in [5.41, 5.74) is -0.574. The zero-order chi connectivity index (χ0) is 16.0. The lowest BCUT2D eigenvalue weighted by molar-refractivity contribution is -0.132. The SMILES string of the molecule is C[C@]1(c2cc3ccccc3o2)NC(=O)N(Cc2ccno2)C1=O. The summed E-state index contributed by atoms with van der Waals surface area (Å²) >= 11 is 0. The molecular formula is C16H13N3O4. The lowest BCUT2D eigenvalue weighted by Crippen LogP contribution is -2.40. The predicted octanol–water partition coefficient (Wildman–Crippen LogP) is 2.39. The third kappa shape index (κ3) is 2.01. The summed E-state index contributed by atoms with van der Waals surface area (Å²) in [7, 11) is 0. The van der Waals surface area contributed by atoms with Crippen LogP contribution in [0.4, 0.5) is 4.79 Å². The van der Waals surface area contributed by atoms with Crippen LogP contribution in [0.25, 0.3) is 11.0 Å². The Hall–Kier alpha value is -3.09. The van der Waals surface area contributed by atoms with Crippen molar-refractivity contribution >= 4 is 22.9 Å². The van der Waals surface area contributed by atoms with Gasteiger partial charge < -0.3 is 14.3 Å². The van der Waals surface area contributed by atoms with Crippen molar-refractivity contribution in [1.29, 1.82) is 0 Å². The highest BCUT2D eigenvalue weighted by molar-refractivity contribution is 6.07. The summed E-state index contributed by atoms with van der Waals surface area (Å²) in [6.07, 6.45) is 1.46. The average molecular weight is 311 g/mol. The van der Waals surface area contributed by atoms with Gasteiger partial charge in [0, 0.05) is 11.5 Å². The number of imide groups is 1. The van der Waals surface area contributed by atoms with Gasteiger partial charge in [-0.05, 0) is 19.1 Å². The molecule has 116 valence electrons. The Morgan fingerprint density at radius 1 is 1.26 bits per heavy atom. The van der Waals surface area contributed by atoms with E-state index in [1.165, 1.54) is 6.20 Å². The molecule has 0 aliphatic carbocycles. The van der Waals surface area contributed by atoms with E-state index >= 15 is 0 Å². The van der Waals surface area contributed by atoms with Gasteiger partial charge in [0.2, 0.25) is 0 Å². The number of rotatable bonds is 3. The van der Waals surface area contributed by atoms with Crippen LogP contribution in [0.1, 0.15) is 18.4 Å².